The van der Waals surface area contributed by atoms with E-state index >= 15 is 0 Å². The summed E-state index contributed by atoms with van der Waals surface area (Å²) in [7, 11) is 0. The zero-order valence-electron chi connectivity index (χ0n) is 17.6. The van der Waals surface area contributed by atoms with Crippen molar-refractivity contribution in [3.8, 4) is 0 Å². The predicted octanol–water partition coefficient (Wildman–Crippen LogP) is 1.82. The van der Waals surface area contributed by atoms with Gasteiger partial charge in [0.15, 0.2) is 0 Å². The van der Waals surface area contributed by atoms with E-state index in [1.54, 1.807) is 4.90 Å². The Morgan fingerprint density at radius 1 is 1.14 bits per heavy atom. The van der Waals surface area contributed by atoms with Crippen LogP contribution >= 0.6 is 0 Å². The van der Waals surface area contributed by atoms with Crippen LogP contribution in [0.5, 0.6) is 0 Å². The average molecular weight is 398 g/mol. The number of hydrogen-bond acceptors (Lipinski definition) is 5. The summed E-state index contributed by atoms with van der Waals surface area (Å²) >= 11 is 0. The lowest BCUT2D eigenvalue weighted by molar-refractivity contribution is -0.145. The predicted molar refractivity (Wildman–Crippen MR) is 105 cm³/mol. The number of amides is 3. The summed E-state index contributed by atoms with van der Waals surface area (Å²) in [4.78, 5) is 38.5. The fourth-order valence-corrected chi connectivity index (χ4v) is 3.54. The van der Waals surface area contributed by atoms with E-state index in [1.165, 1.54) is 0 Å². The van der Waals surface area contributed by atoms with Crippen molar-refractivity contribution >= 4 is 17.9 Å². The molecule has 0 aromatic rings. The summed E-state index contributed by atoms with van der Waals surface area (Å²) in [5.74, 6) is -0.158. The first-order chi connectivity index (χ1) is 13.2. The molecule has 2 aliphatic heterocycles. The molecule has 0 bridgehead atoms. The molecule has 8 heteroatoms. The lowest BCUT2D eigenvalue weighted by atomic mass is 9.96. The number of hydrogen-bond donors (Lipinski definition) is 2. The minimum absolute atomic E-state index is 0.0335. The summed E-state index contributed by atoms with van der Waals surface area (Å²) in [6, 6.07) is 0. The van der Waals surface area contributed by atoms with Crippen LogP contribution in [0.4, 0.5) is 4.79 Å². The van der Waals surface area contributed by atoms with Crippen LogP contribution in [-0.2, 0) is 19.1 Å². The van der Waals surface area contributed by atoms with Gasteiger partial charge in [0.25, 0.3) is 5.91 Å². The Kier molecular flexibility index (Phi) is 8.10. The first-order valence-electron chi connectivity index (χ1n) is 10.4. The Morgan fingerprint density at radius 3 is 2.57 bits per heavy atom. The fraction of sp³-hybridized carbons (Fsp3) is 0.850. The molecule has 0 radical (unpaired) electrons. The van der Waals surface area contributed by atoms with E-state index < -0.39 is 17.8 Å². The fourth-order valence-electron chi connectivity index (χ4n) is 3.54. The van der Waals surface area contributed by atoms with Crippen molar-refractivity contribution in [3.63, 3.8) is 0 Å². The summed E-state index contributed by atoms with van der Waals surface area (Å²) in [5.41, 5.74) is -0.548. The second-order valence-corrected chi connectivity index (χ2v) is 8.62. The van der Waals surface area contributed by atoms with Gasteiger partial charge in [-0.15, -0.1) is 0 Å². The van der Waals surface area contributed by atoms with Gasteiger partial charge in [0.2, 0.25) is 5.91 Å². The highest BCUT2D eigenvalue weighted by Crippen LogP contribution is 2.24. The Hall–Kier alpha value is -1.83. The van der Waals surface area contributed by atoms with Gasteiger partial charge in [-0.1, -0.05) is 6.92 Å². The zero-order valence-corrected chi connectivity index (χ0v) is 17.6. The molecule has 2 fully saturated rings. The molecule has 0 aromatic carbocycles. The zero-order chi connectivity index (χ0) is 20.7. The Bertz CT molecular complexity index is 561. The molecule has 3 amide bonds. The molecule has 3 atom stereocenters. The molecule has 2 N–H and O–H groups in total. The summed E-state index contributed by atoms with van der Waals surface area (Å²) in [6.07, 6.45) is 2.69. The van der Waals surface area contributed by atoms with Crippen LogP contribution in [0.25, 0.3) is 0 Å². The first-order valence-corrected chi connectivity index (χ1v) is 10.4. The van der Waals surface area contributed by atoms with Gasteiger partial charge in [-0.2, -0.15) is 0 Å². The normalized spacial score (nSPS) is 25.3. The molecule has 0 saturated carbocycles. The van der Waals surface area contributed by atoms with E-state index in [1.807, 2.05) is 27.7 Å². The van der Waals surface area contributed by atoms with Crippen LogP contribution in [0.2, 0.25) is 0 Å². The van der Waals surface area contributed by atoms with Gasteiger partial charge in [0.05, 0.1) is 12.0 Å². The van der Waals surface area contributed by atoms with Crippen molar-refractivity contribution in [1.29, 1.82) is 0 Å². The number of nitrogens with zero attached hydrogens (tertiary/aromatic N) is 1. The molecule has 8 nitrogen and oxygen atoms in total. The number of rotatable bonds is 6. The van der Waals surface area contributed by atoms with Gasteiger partial charge < -0.3 is 25.0 Å². The summed E-state index contributed by atoms with van der Waals surface area (Å²) in [5, 5.41) is 5.62. The van der Waals surface area contributed by atoms with E-state index in [0.29, 0.717) is 39.0 Å². The number of likely N-dealkylation sites (tertiary alicyclic amines) is 1. The largest absolute Gasteiger partial charge is 0.444 e. The van der Waals surface area contributed by atoms with Crippen LogP contribution in [0.15, 0.2) is 0 Å². The summed E-state index contributed by atoms with van der Waals surface area (Å²) in [6.45, 7) is 9.54. The van der Waals surface area contributed by atoms with Crippen molar-refractivity contribution in [2.45, 2.75) is 77.6 Å². The first kappa shape index (κ1) is 22.5. The van der Waals surface area contributed by atoms with E-state index in [0.717, 1.165) is 19.3 Å². The molecule has 0 aromatic heterocycles. The van der Waals surface area contributed by atoms with Gasteiger partial charge >= 0.3 is 6.09 Å². The molecule has 0 spiro atoms. The quantitative estimate of drug-likeness (QED) is 0.713. The van der Waals surface area contributed by atoms with Crippen molar-refractivity contribution in [1.82, 2.24) is 15.5 Å². The van der Waals surface area contributed by atoms with Crippen LogP contribution in [0.3, 0.4) is 0 Å². The van der Waals surface area contributed by atoms with Gasteiger partial charge in [0, 0.05) is 26.2 Å². The minimum atomic E-state index is -0.548. The Morgan fingerprint density at radius 2 is 1.89 bits per heavy atom. The number of alkyl carbamates (subject to hydrolysis) is 1. The number of nitrogens with one attached hydrogen (secondary N) is 2. The maximum absolute atomic E-state index is 12.8. The second kappa shape index (κ2) is 10.1. The molecule has 0 aliphatic carbocycles. The summed E-state index contributed by atoms with van der Waals surface area (Å²) < 4.78 is 11.1. The van der Waals surface area contributed by atoms with Gasteiger partial charge in [0.1, 0.15) is 11.7 Å². The van der Waals surface area contributed by atoms with Gasteiger partial charge in [-0.05, 0) is 52.9 Å². The Labute approximate surface area is 167 Å². The average Bonchev–Trinajstić information content (AvgIpc) is 3.11. The molecule has 0 unspecified atom stereocenters. The third kappa shape index (κ3) is 6.96. The molecule has 2 heterocycles. The van der Waals surface area contributed by atoms with Crippen molar-refractivity contribution in [3.05, 3.63) is 0 Å². The lowest BCUT2D eigenvalue weighted by Gasteiger charge is -2.33. The van der Waals surface area contributed by atoms with Gasteiger partial charge in [-0.25, -0.2) is 4.79 Å². The van der Waals surface area contributed by atoms with E-state index in [4.69, 9.17) is 9.47 Å². The maximum Gasteiger partial charge on any atom is 0.407 e. The van der Waals surface area contributed by atoms with E-state index in [2.05, 4.69) is 10.6 Å². The smallest absolute Gasteiger partial charge is 0.407 e. The van der Waals surface area contributed by atoms with Crippen molar-refractivity contribution in [2.24, 2.45) is 5.92 Å². The molecule has 160 valence electrons. The molecule has 2 saturated heterocycles. The lowest BCUT2D eigenvalue weighted by Crippen LogP contribution is -2.48. The molecular formula is C20H35N3O5. The monoisotopic (exact) mass is 397 g/mol. The van der Waals surface area contributed by atoms with Crippen molar-refractivity contribution in [2.75, 3.05) is 26.2 Å². The topological polar surface area (TPSA) is 97.0 Å². The van der Waals surface area contributed by atoms with Crippen molar-refractivity contribution < 1.29 is 23.9 Å². The SMILES string of the molecule is CCCNC(=O)[C@@H]1CCCN(C(=O)[C@@H]2CC[C@H](CNC(=O)OC(C)(C)C)O2)C1. The minimum Gasteiger partial charge on any atom is -0.444 e. The highest BCUT2D eigenvalue weighted by atomic mass is 16.6. The molecule has 28 heavy (non-hydrogen) atoms. The van der Waals surface area contributed by atoms with Gasteiger partial charge in [-0.3, -0.25) is 9.59 Å². The highest BCUT2D eigenvalue weighted by molar-refractivity contribution is 5.83. The maximum atomic E-state index is 12.8. The standard InChI is InChI=1S/C20H35N3O5/c1-5-10-21-17(24)14-7-6-11-23(13-14)18(25)16-9-8-15(27-16)12-22-19(26)28-20(2,3)4/h14-16H,5-13H2,1-4H3,(H,21,24)(H,22,26)/t14-,15-,16+/m1/s1. The third-order valence-corrected chi connectivity index (χ3v) is 4.91. The molecular weight excluding hydrogens is 362 g/mol. The number of carbonyl (C=O) groups is 3. The van der Waals surface area contributed by atoms with E-state index in [9.17, 15) is 14.4 Å². The number of ether oxygens (including phenoxy) is 2. The van der Waals surface area contributed by atoms with Crippen LogP contribution < -0.4 is 10.6 Å². The van der Waals surface area contributed by atoms with E-state index in [-0.39, 0.29) is 23.8 Å². The highest BCUT2D eigenvalue weighted by Gasteiger charge is 2.36. The number of carbonyl (C=O) groups excluding carboxylic acids is 3. The van der Waals surface area contributed by atoms with Crippen LogP contribution in [0, 0.1) is 5.92 Å². The second-order valence-electron chi connectivity index (χ2n) is 8.62. The molecule has 2 rings (SSSR count). The third-order valence-electron chi connectivity index (χ3n) is 4.91. The van der Waals surface area contributed by atoms with Crippen LogP contribution in [0.1, 0.15) is 59.8 Å². The molecule has 2 aliphatic rings. The Balaban J connectivity index is 1.77. The number of piperidine rings is 1. The van der Waals surface area contributed by atoms with Crippen LogP contribution in [-0.4, -0.2) is 66.8 Å².